The van der Waals surface area contributed by atoms with E-state index >= 15 is 4.39 Å². The zero-order valence-corrected chi connectivity index (χ0v) is 25.9. The number of methoxy groups -OCH3 is 1. The summed E-state index contributed by atoms with van der Waals surface area (Å²) in [6.07, 6.45) is 6.37. The monoisotopic (exact) mass is 627 g/mol. The molecule has 2 aromatic carbocycles. The molecular formula is C33H39ClFN3O6. The van der Waals surface area contributed by atoms with Crippen LogP contribution in [0.3, 0.4) is 0 Å². The lowest BCUT2D eigenvalue weighted by molar-refractivity contribution is -0.154. The number of nitrogens with zero attached hydrogens (tertiary/aromatic N) is 2. The normalized spacial score (nSPS) is 19.6. The molecule has 9 nitrogen and oxygen atoms in total. The number of carbonyl (C=O) groups is 3. The number of likely N-dealkylation sites (tertiary alicyclic amines) is 1. The molecule has 11 heteroatoms. The minimum atomic E-state index is -0.642. The number of fused-ring (bicyclic) bond motifs is 1. The van der Waals surface area contributed by atoms with E-state index in [-0.39, 0.29) is 65.9 Å². The molecule has 44 heavy (non-hydrogen) atoms. The summed E-state index contributed by atoms with van der Waals surface area (Å²) in [7, 11) is 3.26. The van der Waals surface area contributed by atoms with Crippen molar-refractivity contribution in [3.63, 3.8) is 0 Å². The molecule has 1 amide bonds. The van der Waals surface area contributed by atoms with E-state index in [9.17, 15) is 14.4 Å². The van der Waals surface area contributed by atoms with Gasteiger partial charge in [-0.1, -0.05) is 29.8 Å². The Bertz CT molecular complexity index is 1500. The smallest absolute Gasteiger partial charge is 0.308 e. The van der Waals surface area contributed by atoms with Gasteiger partial charge in [0.15, 0.2) is 5.78 Å². The van der Waals surface area contributed by atoms with Gasteiger partial charge >= 0.3 is 5.97 Å². The predicted molar refractivity (Wildman–Crippen MR) is 165 cm³/mol. The molecule has 236 valence electrons. The van der Waals surface area contributed by atoms with E-state index in [1.54, 1.807) is 6.20 Å². The van der Waals surface area contributed by atoms with Crippen LogP contribution in [0, 0.1) is 11.7 Å². The number of hydrogen-bond acceptors (Lipinski definition) is 7. The van der Waals surface area contributed by atoms with Crippen molar-refractivity contribution < 1.29 is 33.0 Å². The van der Waals surface area contributed by atoms with E-state index in [1.165, 1.54) is 13.2 Å². The molecule has 1 aromatic heterocycles. The average molecular weight is 628 g/mol. The van der Waals surface area contributed by atoms with Crippen molar-refractivity contribution in [1.82, 2.24) is 9.47 Å². The van der Waals surface area contributed by atoms with Gasteiger partial charge in [0.2, 0.25) is 0 Å². The zero-order chi connectivity index (χ0) is 31.2. The van der Waals surface area contributed by atoms with Gasteiger partial charge in [-0.25, -0.2) is 4.39 Å². The first kappa shape index (κ1) is 32.1. The number of Topliss-reactive ketones (excluding diaryl/α,β-unsaturated/α-hetero) is 1. The van der Waals surface area contributed by atoms with E-state index in [4.69, 9.17) is 25.8 Å². The third-order valence-corrected chi connectivity index (χ3v) is 8.86. The molecule has 5 rings (SSSR count). The molecule has 1 saturated carbocycles. The van der Waals surface area contributed by atoms with Gasteiger partial charge < -0.3 is 24.1 Å². The van der Waals surface area contributed by atoms with Crippen LogP contribution in [0.2, 0.25) is 5.02 Å². The quantitative estimate of drug-likeness (QED) is 0.264. The Balaban J connectivity index is 1.14. The highest BCUT2D eigenvalue weighted by molar-refractivity contribution is 6.34. The number of ether oxygens (including phenoxy) is 3. The fourth-order valence-corrected chi connectivity index (χ4v) is 6.39. The van der Waals surface area contributed by atoms with Crippen molar-refractivity contribution in [2.75, 3.05) is 38.7 Å². The number of aryl methyl sites for hydroxylation is 1. The molecule has 1 aliphatic carbocycles. The van der Waals surface area contributed by atoms with E-state index in [1.807, 2.05) is 35.9 Å². The van der Waals surface area contributed by atoms with Gasteiger partial charge in [-0.2, -0.15) is 0 Å². The van der Waals surface area contributed by atoms with Crippen LogP contribution in [0.15, 0.2) is 42.6 Å². The summed E-state index contributed by atoms with van der Waals surface area (Å²) < 4.78 is 34.0. The number of hydrogen-bond donors (Lipinski definition) is 1. The third-order valence-electron chi connectivity index (χ3n) is 8.54. The molecule has 0 bridgehead atoms. The van der Waals surface area contributed by atoms with E-state index < -0.39 is 11.7 Å². The number of carbonyl (C=O) groups excluding carboxylic acids is 3. The maximum Gasteiger partial charge on any atom is 0.308 e. The second kappa shape index (κ2) is 14.6. The molecular weight excluding hydrogens is 589 g/mol. The highest BCUT2D eigenvalue weighted by atomic mass is 35.5. The SMILES string of the molecule is COC(=O)C1CCC(OC(COCC(=O)Cc2cc(Cl)c(NC(=O)c3cn(C)c4ccccc34)cc2F)N2CCCC2)CC1. The summed E-state index contributed by atoms with van der Waals surface area (Å²) in [6.45, 7) is 1.81. The minimum Gasteiger partial charge on any atom is -0.469 e. The number of esters is 1. The zero-order valence-electron chi connectivity index (χ0n) is 25.2. The van der Waals surface area contributed by atoms with Crippen molar-refractivity contribution in [2.24, 2.45) is 13.0 Å². The number of nitrogens with one attached hydrogen (secondary N) is 1. The highest BCUT2D eigenvalue weighted by Crippen LogP contribution is 2.30. The first-order valence-corrected chi connectivity index (χ1v) is 15.5. The van der Waals surface area contributed by atoms with Crippen LogP contribution in [0.5, 0.6) is 0 Å². The summed E-state index contributed by atoms with van der Waals surface area (Å²) in [5, 5.41) is 3.60. The number of aromatic nitrogens is 1. The first-order chi connectivity index (χ1) is 21.2. The topological polar surface area (TPSA) is 99.1 Å². The predicted octanol–water partition coefficient (Wildman–Crippen LogP) is 5.52. The van der Waals surface area contributed by atoms with Crippen LogP contribution in [0.4, 0.5) is 10.1 Å². The van der Waals surface area contributed by atoms with Crippen LogP contribution in [0.1, 0.15) is 54.4 Å². The standard InChI is InChI=1S/C33H39ClFN3O6/c1-37-18-26(25-7-3-4-8-30(25)37)32(40)36-29-17-28(35)22(16-27(29)34)15-23(39)19-43-20-31(38-13-5-6-14-38)44-24-11-9-21(10-12-24)33(41)42-2/h3-4,7-8,16-18,21,24,31H,5-6,9-15,19-20H2,1-2H3,(H,36,40). The number of ketones is 1. The molecule has 1 saturated heterocycles. The largest absolute Gasteiger partial charge is 0.469 e. The Hall–Kier alpha value is -3.31. The summed E-state index contributed by atoms with van der Waals surface area (Å²) in [5.74, 6) is -1.60. The molecule has 1 N–H and O–H groups in total. The minimum absolute atomic E-state index is 0.0108. The van der Waals surface area contributed by atoms with Crippen LogP contribution in [-0.2, 0) is 37.3 Å². The maximum absolute atomic E-state index is 15.1. The van der Waals surface area contributed by atoms with Crippen LogP contribution in [0.25, 0.3) is 10.9 Å². The third kappa shape index (κ3) is 7.66. The molecule has 1 aliphatic heterocycles. The number of benzene rings is 2. The van der Waals surface area contributed by atoms with Crippen LogP contribution in [-0.4, -0.2) is 72.9 Å². The average Bonchev–Trinajstić information content (AvgIpc) is 3.68. The van der Waals surface area contributed by atoms with E-state index in [2.05, 4.69) is 10.2 Å². The van der Waals surface area contributed by atoms with E-state index in [0.717, 1.165) is 68.6 Å². The summed E-state index contributed by atoms with van der Waals surface area (Å²) in [6, 6.07) is 10.0. The number of rotatable bonds is 12. The highest BCUT2D eigenvalue weighted by Gasteiger charge is 2.31. The van der Waals surface area contributed by atoms with Crippen LogP contribution >= 0.6 is 11.6 Å². The number of amides is 1. The van der Waals surface area contributed by atoms with Gasteiger partial charge in [-0.15, -0.1) is 0 Å². The fourth-order valence-electron chi connectivity index (χ4n) is 6.15. The van der Waals surface area contributed by atoms with Gasteiger partial charge in [-0.05, 0) is 62.3 Å². The van der Waals surface area contributed by atoms with Crippen molar-refractivity contribution in [1.29, 1.82) is 0 Å². The number of anilines is 1. The van der Waals surface area contributed by atoms with Gasteiger partial charge in [-0.3, -0.25) is 19.3 Å². The molecule has 0 radical (unpaired) electrons. The van der Waals surface area contributed by atoms with Crippen molar-refractivity contribution in [3.8, 4) is 0 Å². The molecule has 2 fully saturated rings. The summed E-state index contributed by atoms with van der Waals surface area (Å²) in [5.41, 5.74) is 1.59. The Morgan fingerprint density at radius 1 is 1.09 bits per heavy atom. The summed E-state index contributed by atoms with van der Waals surface area (Å²) in [4.78, 5) is 39.9. The summed E-state index contributed by atoms with van der Waals surface area (Å²) >= 11 is 6.41. The lowest BCUT2D eigenvalue weighted by atomic mass is 9.87. The van der Waals surface area contributed by atoms with Crippen molar-refractivity contribution in [3.05, 3.63) is 64.6 Å². The van der Waals surface area contributed by atoms with E-state index in [0.29, 0.717) is 5.56 Å². The maximum atomic E-state index is 15.1. The second-order valence-corrected chi connectivity index (χ2v) is 12.0. The Morgan fingerprint density at radius 2 is 1.82 bits per heavy atom. The van der Waals surface area contributed by atoms with Crippen LogP contribution < -0.4 is 5.32 Å². The van der Waals surface area contributed by atoms with Gasteiger partial charge in [0.25, 0.3) is 5.91 Å². The Kier molecular flexibility index (Phi) is 10.7. The molecule has 1 atom stereocenters. The van der Waals surface area contributed by atoms with Gasteiger partial charge in [0, 0.05) is 43.7 Å². The lowest BCUT2D eigenvalue weighted by Gasteiger charge is -2.34. The first-order valence-electron chi connectivity index (χ1n) is 15.1. The number of para-hydroxylation sites is 1. The van der Waals surface area contributed by atoms with Crippen molar-refractivity contribution in [2.45, 2.75) is 57.3 Å². The molecule has 2 heterocycles. The van der Waals surface area contributed by atoms with Gasteiger partial charge in [0.05, 0.1) is 42.0 Å². The molecule has 1 unspecified atom stereocenters. The lowest BCUT2D eigenvalue weighted by Crippen LogP contribution is -2.42. The Labute approximate surface area is 261 Å². The fraction of sp³-hybridized carbons (Fsp3) is 0.485. The molecule has 2 aliphatic rings. The van der Waals surface area contributed by atoms with Gasteiger partial charge in [0.1, 0.15) is 18.7 Å². The second-order valence-electron chi connectivity index (χ2n) is 11.6. The molecule has 3 aromatic rings. The molecule has 0 spiro atoms. The Morgan fingerprint density at radius 3 is 2.55 bits per heavy atom. The van der Waals surface area contributed by atoms with Crippen molar-refractivity contribution >= 4 is 45.9 Å². The number of halogens is 2.